The van der Waals surface area contributed by atoms with E-state index in [0.29, 0.717) is 12.6 Å². The molecule has 18 heavy (non-hydrogen) atoms. The van der Waals surface area contributed by atoms with E-state index < -0.39 is 0 Å². The summed E-state index contributed by atoms with van der Waals surface area (Å²) in [5.41, 5.74) is 0. The lowest BCUT2D eigenvalue weighted by Gasteiger charge is -2.24. The van der Waals surface area contributed by atoms with E-state index in [1.165, 1.54) is 12.8 Å². The number of hydrogen-bond acceptors (Lipinski definition) is 3. The van der Waals surface area contributed by atoms with E-state index in [0.717, 1.165) is 32.4 Å². The number of unbranched alkanes of at least 4 members (excludes halogenated alkanes) is 2. The Morgan fingerprint density at radius 2 is 2.22 bits per heavy atom. The summed E-state index contributed by atoms with van der Waals surface area (Å²) < 4.78 is 5.42. The molecule has 1 heterocycles. The van der Waals surface area contributed by atoms with E-state index in [1.54, 1.807) is 0 Å². The maximum absolute atomic E-state index is 11.9. The fourth-order valence-electron chi connectivity index (χ4n) is 2.31. The first-order valence-electron chi connectivity index (χ1n) is 6.81. The molecule has 1 rings (SSSR count). The highest BCUT2D eigenvalue weighted by Crippen LogP contribution is 2.16. The van der Waals surface area contributed by atoms with Crippen molar-refractivity contribution in [3.8, 4) is 0 Å². The van der Waals surface area contributed by atoms with Gasteiger partial charge in [0.05, 0.1) is 0 Å². The zero-order valence-electron chi connectivity index (χ0n) is 11.6. The highest BCUT2D eigenvalue weighted by Gasteiger charge is 2.27. The number of carbonyl (C=O) groups is 1. The zero-order valence-corrected chi connectivity index (χ0v) is 12.4. The second-order valence-electron chi connectivity index (χ2n) is 4.70. The van der Waals surface area contributed by atoms with Crippen LogP contribution in [0.15, 0.2) is 0 Å². The van der Waals surface area contributed by atoms with Gasteiger partial charge in [-0.25, -0.2) is 0 Å². The van der Waals surface area contributed by atoms with Crippen LogP contribution in [0.1, 0.15) is 39.0 Å². The van der Waals surface area contributed by atoms with Crippen molar-refractivity contribution >= 4 is 18.3 Å². The van der Waals surface area contributed by atoms with Gasteiger partial charge in [-0.05, 0) is 26.3 Å². The van der Waals surface area contributed by atoms with Gasteiger partial charge in [-0.1, -0.05) is 19.8 Å². The van der Waals surface area contributed by atoms with Crippen molar-refractivity contribution in [1.82, 2.24) is 10.2 Å². The van der Waals surface area contributed by atoms with Gasteiger partial charge < -0.3 is 15.0 Å². The summed E-state index contributed by atoms with van der Waals surface area (Å²) in [6.07, 6.45) is 5.66. The molecule has 1 unspecified atom stereocenters. The standard InChI is InChI=1S/C13H26N2O2.ClH/c1-3-4-5-9-17-11-13(16)15-8-6-7-12(15)10-14-2;/h12,14H,3-11H2,1-2H3;1H. The van der Waals surface area contributed by atoms with Crippen LogP contribution in [0.25, 0.3) is 0 Å². The Morgan fingerprint density at radius 1 is 1.44 bits per heavy atom. The summed E-state index contributed by atoms with van der Waals surface area (Å²) >= 11 is 0. The summed E-state index contributed by atoms with van der Waals surface area (Å²) in [6.45, 7) is 4.91. The Bertz CT molecular complexity index is 227. The van der Waals surface area contributed by atoms with Gasteiger partial charge in [0.25, 0.3) is 0 Å². The van der Waals surface area contributed by atoms with Crippen molar-refractivity contribution in [2.24, 2.45) is 0 Å². The van der Waals surface area contributed by atoms with E-state index in [-0.39, 0.29) is 24.9 Å². The lowest BCUT2D eigenvalue weighted by molar-refractivity contribution is -0.136. The molecule has 1 saturated heterocycles. The largest absolute Gasteiger partial charge is 0.372 e. The van der Waals surface area contributed by atoms with Crippen molar-refractivity contribution < 1.29 is 9.53 Å². The maximum Gasteiger partial charge on any atom is 0.248 e. The summed E-state index contributed by atoms with van der Waals surface area (Å²) in [6, 6.07) is 0.367. The minimum absolute atomic E-state index is 0. The van der Waals surface area contributed by atoms with Crippen LogP contribution in [-0.4, -0.2) is 50.2 Å². The molecule has 4 nitrogen and oxygen atoms in total. The first-order chi connectivity index (χ1) is 8.29. The average molecular weight is 279 g/mol. The topological polar surface area (TPSA) is 41.6 Å². The first-order valence-corrected chi connectivity index (χ1v) is 6.81. The predicted molar refractivity (Wildman–Crippen MR) is 76.3 cm³/mol. The fourth-order valence-corrected chi connectivity index (χ4v) is 2.31. The van der Waals surface area contributed by atoms with Crippen LogP contribution in [0.5, 0.6) is 0 Å². The quantitative estimate of drug-likeness (QED) is 0.689. The van der Waals surface area contributed by atoms with Crippen molar-refractivity contribution in [2.75, 3.05) is 33.4 Å². The lowest BCUT2D eigenvalue weighted by Crippen LogP contribution is -2.42. The van der Waals surface area contributed by atoms with E-state index >= 15 is 0 Å². The van der Waals surface area contributed by atoms with Gasteiger partial charge >= 0.3 is 0 Å². The summed E-state index contributed by atoms with van der Waals surface area (Å²) in [5.74, 6) is 0.152. The van der Waals surface area contributed by atoms with E-state index in [9.17, 15) is 4.79 Å². The Kier molecular flexibility index (Phi) is 10.4. The molecule has 1 atom stereocenters. The van der Waals surface area contributed by atoms with Gasteiger partial charge in [-0.3, -0.25) is 4.79 Å². The van der Waals surface area contributed by atoms with Crippen LogP contribution >= 0.6 is 12.4 Å². The first kappa shape index (κ1) is 17.7. The number of hydrogen-bond donors (Lipinski definition) is 1. The molecule has 0 radical (unpaired) electrons. The SMILES string of the molecule is CCCCCOCC(=O)N1CCCC1CNC.Cl. The Labute approximate surface area is 117 Å². The molecule has 0 aromatic heterocycles. The third-order valence-electron chi connectivity index (χ3n) is 3.25. The van der Waals surface area contributed by atoms with Gasteiger partial charge in [0.2, 0.25) is 5.91 Å². The zero-order chi connectivity index (χ0) is 12.5. The van der Waals surface area contributed by atoms with Gasteiger partial charge in [0.1, 0.15) is 6.61 Å². The van der Waals surface area contributed by atoms with Gasteiger partial charge in [-0.15, -0.1) is 12.4 Å². The van der Waals surface area contributed by atoms with Crippen LogP contribution in [0, 0.1) is 0 Å². The molecule has 0 bridgehead atoms. The maximum atomic E-state index is 11.9. The second-order valence-corrected chi connectivity index (χ2v) is 4.70. The molecular weight excluding hydrogens is 252 g/mol. The molecule has 1 aliphatic rings. The van der Waals surface area contributed by atoms with Crippen molar-refractivity contribution in [3.63, 3.8) is 0 Å². The number of nitrogens with zero attached hydrogens (tertiary/aromatic N) is 1. The van der Waals surface area contributed by atoms with E-state index in [2.05, 4.69) is 12.2 Å². The molecular formula is C13H27ClN2O2. The highest BCUT2D eigenvalue weighted by molar-refractivity contribution is 5.85. The van der Waals surface area contributed by atoms with Crippen molar-refractivity contribution in [2.45, 2.75) is 45.1 Å². The minimum atomic E-state index is 0. The number of halogens is 1. The fraction of sp³-hybridized carbons (Fsp3) is 0.923. The van der Waals surface area contributed by atoms with Crippen molar-refractivity contribution in [3.05, 3.63) is 0 Å². The summed E-state index contributed by atoms with van der Waals surface area (Å²) in [7, 11) is 1.93. The average Bonchev–Trinajstić information content (AvgIpc) is 2.77. The summed E-state index contributed by atoms with van der Waals surface area (Å²) in [4.78, 5) is 13.9. The number of nitrogens with one attached hydrogen (secondary N) is 1. The lowest BCUT2D eigenvalue weighted by atomic mass is 10.2. The number of amides is 1. The monoisotopic (exact) mass is 278 g/mol. The molecule has 1 aliphatic heterocycles. The van der Waals surface area contributed by atoms with E-state index in [4.69, 9.17) is 4.74 Å². The third-order valence-corrected chi connectivity index (χ3v) is 3.25. The van der Waals surface area contributed by atoms with Crippen LogP contribution in [0.2, 0.25) is 0 Å². The molecule has 1 N–H and O–H groups in total. The number of likely N-dealkylation sites (tertiary alicyclic amines) is 1. The summed E-state index contributed by atoms with van der Waals surface area (Å²) in [5, 5.41) is 3.14. The third kappa shape index (κ3) is 6.03. The van der Waals surface area contributed by atoms with Gasteiger partial charge in [0, 0.05) is 25.7 Å². The molecule has 0 aromatic rings. The van der Waals surface area contributed by atoms with Crippen LogP contribution in [0.4, 0.5) is 0 Å². The molecule has 1 amide bonds. The smallest absolute Gasteiger partial charge is 0.248 e. The number of likely N-dealkylation sites (N-methyl/N-ethyl adjacent to an activating group) is 1. The number of ether oxygens (including phenoxy) is 1. The van der Waals surface area contributed by atoms with Crippen LogP contribution in [0.3, 0.4) is 0 Å². The van der Waals surface area contributed by atoms with Gasteiger partial charge in [0.15, 0.2) is 0 Å². The minimum Gasteiger partial charge on any atom is -0.372 e. The number of carbonyl (C=O) groups excluding carboxylic acids is 1. The van der Waals surface area contributed by atoms with Crippen LogP contribution < -0.4 is 5.32 Å². The number of rotatable bonds is 8. The molecule has 0 aliphatic carbocycles. The van der Waals surface area contributed by atoms with Gasteiger partial charge in [-0.2, -0.15) is 0 Å². The second kappa shape index (κ2) is 10.6. The molecule has 0 spiro atoms. The Hall–Kier alpha value is -0.320. The molecule has 1 fully saturated rings. The molecule has 108 valence electrons. The predicted octanol–water partition coefficient (Wildman–Crippen LogP) is 1.83. The molecule has 0 saturated carbocycles. The van der Waals surface area contributed by atoms with Crippen LogP contribution in [-0.2, 0) is 9.53 Å². The van der Waals surface area contributed by atoms with E-state index in [1.807, 2.05) is 11.9 Å². The Morgan fingerprint density at radius 3 is 2.89 bits per heavy atom. The highest BCUT2D eigenvalue weighted by atomic mass is 35.5. The Balaban J connectivity index is 0.00000289. The molecule has 0 aromatic carbocycles. The van der Waals surface area contributed by atoms with Crippen molar-refractivity contribution in [1.29, 1.82) is 0 Å². The molecule has 5 heteroatoms. The normalized spacial score (nSPS) is 18.8.